The van der Waals surface area contributed by atoms with Crippen molar-refractivity contribution >= 4 is 20.8 Å². The molecule has 0 bridgehead atoms. The lowest BCUT2D eigenvalue weighted by molar-refractivity contribution is 0.181. The first-order valence-electron chi connectivity index (χ1n) is 9.30. The summed E-state index contributed by atoms with van der Waals surface area (Å²) in [5.74, 6) is 0. The molecule has 0 aromatic heterocycles. The summed E-state index contributed by atoms with van der Waals surface area (Å²) in [6.45, 7) is 5.51. The van der Waals surface area contributed by atoms with Crippen LogP contribution in [0.5, 0.6) is 0 Å². The fourth-order valence-electron chi connectivity index (χ4n) is 3.76. The van der Waals surface area contributed by atoms with Crippen molar-refractivity contribution in [3.63, 3.8) is 0 Å². The minimum Gasteiger partial charge on any atom is -0.296 e. The quantitative estimate of drug-likeness (QED) is 0.694. The Morgan fingerprint density at radius 1 is 0.852 bits per heavy atom. The molecule has 27 heavy (non-hydrogen) atoms. The molecule has 1 aliphatic heterocycles. The van der Waals surface area contributed by atoms with Crippen LogP contribution in [0.15, 0.2) is 71.6 Å². The Morgan fingerprint density at radius 3 is 2.33 bits per heavy atom. The molecule has 0 radical (unpaired) electrons. The van der Waals surface area contributed by atoms with Gasteiger partial charge < -0.3 is 0 Å². The van der Waals surface area contributed by atoms with Gasteiger partial charge in [-0.2, -0.15) is 4.31 Å². The third-order valence-electron chi connectivity index (χ3n) is 5.19. The Morgan fingerprint density at radius 2 is 1.56 bits per heavy atom. The van der Waals surface area contributed by atoms with Gasteiger partial charge in [-0.25, -0.2) is 8.42 Å². The van der Waals surface area contributed by atoms with Gasteiger partial charge in [0.25, 0.3) is 0 Å². The summed E-state index contributed by atoms with van der Waals surface area (Å²) in [5.41, 5.74) is 2.53. The van der Waals surface area contributed by atoms with Crippen LogP contribution in [-0.4, -0.2) is 43.8 Å². The molecule has 3 aromatic rings. The summed E-state index contributed by atoms with van der Waals surface area (Å²) >= 11 is 0. The van der Waals surface area contributed by atoms with E-state index < -0.39 is 10.0 Å². The first-order chi connectivity index (χ1) is 13.0. The van der Waals surface area contributed by atoms with Crippen LogP contribution in [0.3, 0.4) is 0 Å². The standard InChI is InChI=1S/C22H24N2O2S/c1-18-6-4-7-19(16-18)17-23-12-14-24(15-13-23)27(25,26)22-11-5-9-20-8-2-3-10-21(20)22/h2-11,16H,12-15,17H2,1H3. The smallest absolute Gasteiger partial charge is 0.243 e. The van der Waals surface area contributed by atoms with Gasteiger partial charge in [0.05, 0.1) is 4.90 Å². The maximum Gasteiger partial charge on any atom is 0.243 e. The van der Waals surface area contributed by atoms with Crippen LogP contribution in [0.4, 0.5) is 0 Å². The van der Waals surface area contributed by atoms with Crippen molar-refractivity contribution in [1.29, 1.82) is 0 Å². The van der Waals surface area contributed by atoms with Crippen LogP contribution in [-0.2, 0) is 16.6 Å². The van der Waals surface area contributed by atoms with E-state index in [9.17, 15) is 8.42 Å². The lowest BCUT2D eigenvalue weighted by Gasteiger charge is -2.34. The Kier molecular flexibility index (Phi) is 5.00. The second kappa shape index (κ2) is 7.43. The van der Waals surface area contributed by atoms with Crippen LogP contribution in [0.1, 0.15) is 11.1 Å². The number of hydrogen-bond donors (Lipinski definition) is 0. The number of benzene rings is 3. The number of fused-ring (bicyclic) bond motifs is 1. The highest BCUT2D eigenvalue weighted by molar-refractivity contribution is 7.89. The molecule has 0 saturated carbocycles. The second-order valence-electron chi connectivity index (χ2n) is 7.15. The van der Waals surface area contributed by atoms with Crippen molar-refractivity contribution < 1.29 is 8.42 Å². The molecule has 1 fully saturated rings. The van der Waals surface area contributed by atoms with Gasteiger partial charge in [-0.05, 0) is 23.9 Å². The molecule has 1 aliphatic rings. The van der Waals surface area contributed by atoms with Crippen molar-refractivity contribution in [2.75, 3.05) is 26.2 Å². The van der Waals surface area contributed by atoms with E-state index in [1.807, 2.05) is 36.4 Å². The number of piperazine rings is 1. The monoisotopic (exact) mass is 380 g/mol. The summed E-state index contributed by atoms with van der Waals surface area (Å²) in [4.78, 5) is 2.73. The van der Waals surface area contributed by atoms with Gasteiger partial charge in [-0.3, -0.25) is 4.90 Å². The van der Waals surface area contributed by atoms with Gasteiger partial charge in [-0.15, -0.1) is 0 Å². The van der Waals surface area contributed by atoms with Gasteiger partial charge in [0.15, 0.2) is 0 Å². The molecule has 140 valence electrons. The summed E-state index contributed by atoms with van der Waals surface area (Å²) in [5, 5.41) is 1.75. The Bertz CT molecular complexity index is 1050. The SMILES string of the molecule is Cc1cccc(CN2CCN(S(=O)(=O)c3cccc4ccccc34)CC2)c1. The molecule has 1 heterocycles. The van der Waals surface area contributed by atoms with Crippen molar-refractivity contribution in [3.05, 3.63) is 77.9 Å². The number of sulfonamides is 1. The largest absolute Gasteiger partial charge is 0.296 e. The summed E-state index contributed by atoms with van der Waals surface area (Å²) in [6.07, 6.45) is 0. The predicted octanol–water partition coefficient (Wildman–Crippen LogP) is 3.65. The average Bonchev–Trinajstić information content (AvgIpc) is 2.68. The third-order valence-corrected chi connectivity index (χ3v) is 7.14. The number of hydrogen-bond acceptors (Lipinski definition) is 3. The van der Waals surface area contributed by atoms with Gasteiger partial charge in [0.2, 0.25) is 10.0 Å². The van der Waals surface area contributed by atoms with Gasteiger partial charge in [-0.1, -0.05) is 66.2 Å². The fourth-order valence-corrected chi connectivity index (χ4v) is 5.39. The Labute approximate surface area is 161 Å². The van der Waals surface area contributed by atoms with Gasteiger partial charge in [0.1, 0.15) is 0 Å². The highest BCUT2D eigenvalue weighted by Crippen LogP contribution is 2.26. The van der Waals surface area contributed by atoms with E-state index in [0.29, 0.717) is 18.0 Å². The maximum atomic E-state index is 13.2. The van der Waals surface area contributed by atoms with Gasteiger partial charge in [0, 0.05) is 38.1 Å². The number of nitrogens with zero attached hydrogens (tertiary/aromatic N) is 2. The van der Waals surface area contributed by atoms with Crippen LogP contribution >= 0.6 is 0 Å². The molecule has 0 amide bonds. The van der Waals surface area contributed by atoms with E-state index in [0.717, 1.165) is 30.4 Å². The van der Waals surface area contributed by atoms with Crippen LogP contribution in [0.25, 0.3) is 10.8 Å². The predicted molar refractivity (Wildman–Crippen MR) is 109 cm³/mol. The van der Waals surface area contributed by atoms with Gasteiger partial charge >= 0.3 is 0 Å². The van der Waals surface area contributed by atoms with E-state index in [1.165, 1.54) is 11.1 Å². The van der Waals surface area contributed by atoms with Crippen LogP contribution in [0, 0.1) is 6.92 Å². The molecular formula is C22H24N2O2S. The third kappa shape index (κ3) is 3.76. The minimum atomic E-state index is -3.48. The molecule has 0 atom stereocenters. The number of rotatable bonds is 4. The van der Waals surface area contributed by atoms with E-state index >= 15 is 0 Å². The molecule has 4 nitrogen and oxygen atoms in total. The zero-order valence-corrected chi connectivity index (χ0v) is 16.3. The molecule has 1 saturated heterocycles. The minimum absolute atomic E-state index is 0.410. The van der Waals surface area contributed by atoms with Crippen molar-refractivity contribution in [3.8, 4) is 0 Å². The Hall–Kier alpha value is -2.21. The summed E-state index contributed by atoms with van der Waals surface area (Å²) < 4.78 is 28.1. The van der Waals surface area contributed by atoms with Crippen LogP contribution < -0.4 is 0 Å². The first-order valence-corrected chi connectivity index (χ1v) is 10.7. The molecule has 0 spiro atoms. The molecule has 4 rings (SSSR count). The molecule has 0 aliphatic carbocycles. The van der Waals surface area contributed by atoms with Crippen molar-refractivity contribution in [2.24, 2.45) is 0 Å². The lowest BCUT2D eigenvalue weighted by atomic mass is 10.1. The zero-order chi connectivity index (χ0) is 18.9. The molecule has 0 N–H and O–H groups in total. The molecule has 0 unspecified atom stereocenters. The second-order valence-corrected chi connectivity index (χ2v) is 9.05. The fraction of sp³-hybridized carbons (Fsp3) is 0.273. The van der Waals surface area contributed by atoms with Crippen molar-refractivity contribution in [2.45, 2.75) is 18.4 Å². The van der Waals surface area contributed by atoms with E-state index in [4.69, 9.17) is 0 Å². The summed E-state index contributed by atoms with van der Waals surface area (Å²) in [6, 6.07) is 21.7. The summed E-state index contributed by atoms with van der Waals surface area (Å²) in [7, 11) is -3.48. The highest BCUT2D eigenvalue weighted by atomic mass is 32.2. The van der Waals surface area contributed by atoms with Crippen molar-refractivity contribution in [1.82, 2.24) is 9.21 Å². The van der Waals surface area contributed by atoms with E-state index in [-0.39, 0.29) is 0 Å². The highest BCUT2D eigenvalue weighted by Gasteiger charge is 2.29. The molecule has 5 heteroatoms. The average molecular weight is 381 g/mol. The topological polar surface area (TPSA) is 40.6 Å². The van der Waals surface area contributed by atoms with E-state index in [1.54, 1.807) is 10.4 Å². The van der Waals surface area contributed by atoms with E-state index in [2.05, 4.69) is 36.1 Å². The number of aryl methyl sites for hydroxylation is 1. The normalized spacial score (nSPS) is 16.6. The first kappa shape index (κ1) is 18.2. The molecule has 3 aromatic carbocycles. The zero-order valence-electron chi connectivity index (χ0n) is 15.5. The Balaban J connectivity index is 1.50. The maximum absolute atomic E-state index is 13.2. The molecular weight excluding hydrogens is 356 g/mol. The van der Waals surface area contributed by atoms with Crippen LogP contribution in [0.2, 0.25) is 0 Å². The lowest BCUT2D eigenvalue weighted by Crippen LogP contribution is -2.48.